The fraction of sp³-hybridized carbons (Fsp3) is 0.571. The fourth-order valence-corrected chi connectivity index (χ4v) is 2.45. The number of nitrogens with one attached hydrogen (secondary N) is 1. The van der Waals surface area contributed by atoms with Crippen LogP contribution in [-0.4, -0.2) is 12.1 Å². The Kier molecular flexibility index (Phi) is 5.86. The zero-order valence-corrected chi connectivity index (χ0v) is 10.8. The standard InChI is InChI=1S/C14H21N.ClH/c1-12-6-5-9-14(15-12)11-10-13-7-3-2-4-8-13;/h2-4,7-8,12,14-15H,5-6,9-11H2,1H3;1H. The Morgan fingerprint density at radius 2 is 1.94 bits per heavy atom. The minimum atomic E-state index is 0. The number of piperidine rings is 1. The molecule has 0 spiro atoms. The summed E-state index contributed by atoms with van der Waals surface area (Å²) in [6.45, 7) is 2.30. The first-order valence-electron chi connectivity index (χ1n) is 6.14. The molecular weight excluding hydrogens is 218 g/mol. The maximum absolute atomic E-state index is 3.69. The highest BCUT2D eigenvalue weighted by Crippen LogP contribution is 2.16. The molecule has 0 radical (unpaired) electrons. The van der Waals surface area contributed by atoms with Crippen molar-refractivity contribution in [3.8, 4) is 0 Å². The van der Waals surface area contributed by atoms with Crippen molar-refractivity contribution in [1.29, 1.82) is 0 Å². The third-order valence-corrected chi connectivity index (χ3v) is 3.33. The molecule has 0 aromatic heterocycles. The Hall–Kier alpha value is -0.530. The van der Waals surface area contributed by atoms with Gasteiger partial charge in [-0.2, -0.15) is 0 Å². The molecule has 16 heavy (non-hydrogen) atoms. The molecular formula is C14H22ClN. The molecule has 1 aromatic carbocycles. The zero-order valence-electron chi connectivity index (χ0n) is 9.99. The molecule has 1 saturated heterocycles. The van der Waals surface area contributed by atoms with Crippen LogP contribution in [0.1, 0.15) is 38.2 Å². The van der Waals surface area contributed by atoms with Gasteiger partial charge in [-0.25, -0.2) is 0 Å². The maximum atomic E-state index is 3.69. The lowest BCUT2D eigenvalue weighted by atomic mass is 9.95. The van der Waals surface area contributed by atoms with Gasteiger partial charge in [-0.1, -0.05) is 36.8 Å². The van der Waals surface area contributed by atoms with Crippen molar-refractivity contribution in [2.45, 2.75) is 51.1 Å². The molecule has 2 heteroatoms. The van der Waals surface area contributed by atoms with Gasteiger partial charge in [0.1, 0.15) is 0 Å². The fourth-order valence-electron chi connectivity index (χ4n) is 2.45. The summed E-state index contributed by atoms with van der Waals surface area (Å²) in [7, 11) is 0. The molecule has 1 fully saturated rings. The van der Waals surface area contributed by atoms with E-state index in [1.54, 1.807) is 0 Å². The highest BCUT2D eigenvalue weighted by Gasteiger charge is 2.16. The van der Waals surface area contributed by atoms with Crippen LogP contribution >= 0.6 is 12.4 Å². The average molecular weight is 240 g/mol. The number of aryl methyl sites for hydroxylation is 1. The summed E-state index contributed by atoms with van der Waals surface area (Å²) in [5.74, 6) is 0. The molecule has 1 heterocycles. The van der Waals surface area contributed by atoms with Gasteiger partial charge in [0, 0.05) is 12.1 Å². The van der Waals surface area contributed by atoms with Gasteiger partial charge >= 0.3 is 0 Å². The second-order valence-electron chi connectivity index (χ2n) is 4.72. The van der Waals surface area contributed by atoms with Crippen LogP contribution in [0.4, 0.5) is 0 Å². The van der Waals surface area contributed by atoms with Crippen LogP contribution in [0.3, 0.4) is 0 Å². The summed E-state index contributed by atoms with van der Waals surface area (Å²) < 4.78 is 0. The smallest absolute Gasteiger partial charge is 0.00727 e. The number of halogens is 1. The summed E-state index contributed by atoms with van der Waals surface area (Å²) in [6.07, 6.45) is 6.60. The van der Waals surface area contributed by atoms with E-state index in [2.05, 4.69) is 42.6 Å². The van der Waals surface area contributed by atoms with Crippen molar-refractivity contribution in [1.82, 2.24) is 5.32 Å². The minimum Gasteiger partial charge on any atom is -0.311 e. The van der Waals surface area contributed by atoms with Gasteiger partial charge < -0.3 is 5.32 Å². The van der Waals surface area contributed by atoms with Crippen LogP contribution in [-0.2, 0) is 6.42 Å². The normalized spacial score (nSPS) is 24.8. The second-order valence-corrected chi connectivity index (χ2v) is 4.72. The molecule has 2 rings (SSSR count). The number of benzene rings is 1. The Morgan fingerprint density at radius 1 is 1.19 bits per heavy atom. The van der Waals surface area contributed by atoms with Crippen LogP contribution in [0.15, 0.2) is 30.3 Å². The van der Waals surface area contributed by atoms with E-state index in [0.29, 0.717) is 0 Å². The van der Waals surface area contributed by atoms with Crippen molar-refractivity contribution >= 4 is 12.4 Å². The average Bonchev–Trinajstić information content (AvgIpc) is 2.28. The number of hydrogen-bond donors (Lipinski definition) is 1. The monoisotopic (exact) mass is 239 g/mol. The van der Waals surface area contributed by atoms with E-state index in [-0.39, 0.29) is 12.4 Å². The highest BCUT2D eigenvalue weighted by molar-refractivity contribution is 5.85. The van der Waals surface area contributed by atoms with Crippen molar-refractivity contribution in [3.05, 3.63) is 35.9 Å². The van der Waals surface area contributed by atoms with Gasteiger partial charge in [0.25, 0.3) is 0 Å². The van der Waals surface area contributed by atoms with E-state index < -0.39 is 0 Å². The van der Waals surface area contributed by atoms with Crippen molar-refractivity contribution in [3.63, 3.8) is 0 Å². The molecule has 1 N–H and O–H groups in total. The quantitative estimate of drug-likeness (QED) is 0.851. The maximum Gasteiger partial charge on any atom is 0.00727 e. The van der Waals surface area contributed by atoms with Crippen LogP contribution in [0.2, 0.25) is 0 Å². The van der Waals surface area contributed by atoms with Gasteiger partial charge in [-0.15, -0.1) is 12.4 Å². The van der Waals surface area contributed by atoms with Crippen LogP contribution < -0.4 is 5.32 Å². The van der Waals surface area contributed by atoms with Gasteiger partial charge in [0.15, 0.2) is 0 Å². The minimum absolute atomic E-state index is 0. The Balaban J connectivity index is 0.00000128. The molecule has 0 bridgehead atoms. The molecule has 1 aliphatic rings. The van der Waals surface area contributed by atoms with Crippen molar-refractivity contribution < 1.29 is 0 Å². The lowest BCUT2D eigenvalue weighted by Gasteiger charge is -2.28. The topological polar surface area (TPSA) is 12.0 Å². The largest absolute Gasteiger partial charge is 0.311 e. The molecule has 1 nitrogen and oxygen atoms in total. The van der Waals surface area contributed by atoms with Gasteiger partial charge in [0.2, 0.25) is 0 Å². The summed E-state index contributed by atoms with van der Waals surface area (Å²) in [5, 5.41) is 3.69. The van der Waals surface area contributed by atoms with Crippen LogP contribution in [0, 0.1) is 0 Å². The zero-order chi connectivity index (χ0) is 10.5. The third-order valence-electron chi connectivity index (χ3n) is 3.33. The summed E-state index contributed by atoms with van der Waals surface area (Å²) in [6, 6.07) is 12.3. The van der Waals surface area contributed by atoms with Crippen molar-refractivity contribution in [2.75, 3.05) is 0 Å². The predicted octanol–water partition coefficient (Wildman–Crippen LogP) is 3.57. The molecule has 0 amide bonds. The third kappa shape index (κ3) is 4.15. The molecule has 0 aliphatic carbocycles. The van der Waals surface area contributed by atoms with E-state index in [1.165, 1.54) is 37.7 Å². The lowest BCUT2D eigenvalue weighted by molar-refractivity contribution is 0.322. The van der Waals surface area contributed by atoms with E-state index in [0.717, 1.165) is 12.1 Å². The second kappa shape index (κ2) is 6.93. The lowest BCUT2D eigenvalue weighted by Crippen LogP contribution is -2.40. The molecule has 0 saturated carbocycles. The first kappa shape index (κ1) is 13.5. The predicted molar refractivity (Wildman–Crippen MR) is 72.2 cm³/mol. The van der Waals surface area contributed by atoms with Crippen LogP contribution in [0.25, 0.3) is 0 Å². The van der Waals surface area contributed by atoms with E-state index in [9.17, 15) is 0 Å². The highest BCUT2D eigenvalue weighted by atomic mass is 35.5. The molecule has 2 atom stereocenters. The van der Waals surface area contributed by atoms with Gasteiger partial charge in [0.05, 0.1) is 0 Å². The van der Waals surface area contributed by atoms with Crippen LogP contribution in [0.5, 0.6) is 0 Å². The van der Waals surface area contributed by atoms with Gasteiger partial charge in [-0.3, -0.25) is 0 Å². The molecule has 1 aromatic rings. The molecule has 2 unspecified atom stereocenters. The van der Waals surface area contributed by atoms with E-state index in [1.807, 2.05) is 0 Å². The van der Waals surface area contributed by atoms with Crippen molar-refractivity contribution in [2.24, 2.45) is 0 Å². The number of hydrogen-bond acceptors (Lipinski definition) is 1. The van der Waals surface area contributed by atoms with E-state index >= 15 is 0 Å². The summed E-state index contributed by atoms with van der Waals surface area (Å²) in [5.41, 5.74) is 1.47. The molecule has 90 valence electrons. The first-order chi connectivity index (χ1) is 7.34. The van der Waals surface area contributed by atoms with Gasteiger partial charge in [-0.05, 0) is 38.2 Å². The summed E-state index contributed by atoms with van der Waals surface area (Å²) >= 11 is 0. The molecule has 1 aliphatic heterocycles. The summed E-state index contributed by atoms with van der Waals surface area (Å²) in [4.78, 5) is 0. The Bertz CT molecular complexity index is 286. The Labute approximate surface area is 105 Å². The number of rotatable bonds is 3. The van der Waals surface area contributed by atoms with E-state index in [4.69, 9.17) is 0 Å². The Morgan fingerprint density at radius 3 is 2.62 bits per heavy atom. The first-order valence-corrected chi connectivity index (χ1v) is 6.14. The SMILES string of the molecule is CC1CCCC(CCc2ccccc2)N1.Cl.